The van der Waals surface area contributed by atoms with Crippen molar-refractivity contribution in [3.05, 3.63) is 35.9 Å². The minimum atomic E-state index is -1.08. The van der Waals surface area contributed by atoms with Gasteiger partial charge >= 0.3 is 5.97 Å². The molecule has 6 heteroatoms. The van der Waals surface area contributed by atoms with Gasteiger partial charge in [0.05, 0.1) is 5.92 Å². The van der Waals surface area contributed by atoms with Gasteiger partial charge in [-0.1, -0.05) is 30.3 Å². The molecule has 104 valence electrons. The molecule has 1 aromatic rings. The molecular formula is C13H17NO3S2. The topological polar surface area (TPSA) is 66.4 Å². The van der Waals surface area contributed by atoms with Gasteiger partial charge in [0, 0.05) is 11.5 Å². The fourth-order valence-electron chi connectivity index (χ4n) is 1.61. The largest absolute Gasteiger partial charge is 0.480 e. The van der Waals surface area contributed by atoms with Crippen LogP contribution < -0.4 is 5.32 Å². The lowest BCUT2D eigenvalue weighted by Gasteiger charge is -2.18. The number of carbonyl (C=O) groups is 2. The average Bonchev–Trinajstić information content (AvgIpc) is 2.42. The van der Waals surface area contributed by atoms with Crippen LogP contribution in [0.1, 0.15) is 5.56 Å². The number of benzene rings is 1. The lowest BCUT2D eigenvalue weighted by atomic mass is 10.00. The number of thiol groups is 2. The van der Waals surface area contributed by atoms with Gasteiger partial charge in [-0.05, 0) is 12.0 Å². The van der Waals surface area contributed by atoms with Crippen LogP contribution >= 0.6 is 25.3 Å². The highest BCUT2D eigenvalue weighted by Crippen LogP contribution is 2.11. The van der Waals surface area contributed by atoms with Crippen molar-refractivity contribution in [3.63, 3.8) is 0 Å². The molecule has 0 aliphatic rings. The minimum absolute atomic E-state index is 0.0612. The molecule has 2 atom stereocenters. The van der Waals surface area contributed by atoms with Crippen molar-refractivity contribution in [2.45, 2.75) is 12.5 Å². The maximum Gasteiger partial charge on any atom is 0.327 e. The van der Waals surface area contributed by atoms with Crippen LogP contribution in [-0.2, 0) is 16.0 Å². The van der Waals surface area contributed by atoms with E-state index in [0.717, 1.165) is 5.56 Å². The molecule has 2 N–H and O–H groups in total. The molecule has 0 radical (unpaired) electrons. The molecule has 0 saturated heterocycles. The normalized spacial score (nSPS) is 13.6. The van der Waals surface area contributed by atoms with Crippen molar-refractivity contribution in [2.24, 2.45) is 5.92 Å². The van der Waals surface area contributed by atoms with Gasteiger partial charge in [0.15, 0.2) is 0 Å². The number of carboxylic acid groups (broad SMARTS) is 1. The molecule has 1 aromatic carbocycles. The van der Waals surface area contributed by atoms with Crippen LogP contribution in [0.2, 0.25) is 0 Å². The highest BCUT2D eigenvalue weighted by molar-refractivity contribution is 7.80. The summed E-state index contributed by atoms with van der Waals surface area (Å²) in [6.07, 6.45) is 0.537. The molecule has 1 rings (SSSR count). The van der Waals surface area contributed by atoms with Crippen LogP contribution in [0.5, 0.6) is 0 Å². The number of hydrogen-bond acceptors (Lipinski definition) is 4. The van der Waals surface area contributed by atoms with Gasteiger partial charge < -0.3 is 10.4 Å². The Hall–Kier alpha value is -1.14. The van der Waals surface area contributed by atoms with E-state index in [1.165, 1.54) is 0 Å². The van der Waals surface area contributed by atoms with Crippen LogP contribution in [0, 0.1) is 5.92 Å². The number of carbonyl (C=O) groups excluding carboxylic acids is 1. The first-order valence-corrected chi connectivity index (χ1v) is 7.13. The molecule has 0 aliphatic heterocycles. The Kier molecular flexibility index (Phi) is 6.80. The first-order chi connectivity index (χ1) is 9.08. The zero-order valence-corrected chi connectivity index (χ0v) is 12.1. The first kappa shape index (κ1) is 15.9. The Bertz CT molecular complexity index is 425. The predicted octanol–water partition coefficient (Wildman–Crippen LogP) is 1.27. The molecule has 19 heavy (non-hydrogen) atoms. The summed E-state index contributed by atoms with van der Waals surface area (Å²) in [6.45, 7) is 0. The van der Waals surface area contributed by atoms with Gasteiger partial charge in [-0.25, -0.2) is 4.79 Å². The zero-order valence-electron chi connectivity index (χ0n) is 10.3. The SMILES string of the molecule is O=C(NC(CS)C(=O)O)C(CS)Cc1ccccc1. The molecule has 0 bridgehead atoms. The van der Waals surface area contributed by atoms with Gasteiger partial charge in [-0.3, -0.25) is 4.79 Å². The summed E-state index contributed by atoms with van der Waals surface area (Å²) in [5, 5.41) is 11.4. The Labute approximate surface area is 123 Å². The lowest BCUT2D eigenvalue weighted by Crippen LogP contribution is -2.45. The van der Waals surface area contributed by atoms with Crippen LogP contribution in [0.25, 0.3) is 0 Å². The van der Waals surface area contributed by atoms with E-state index >= 15 is 0 Å². The first-order valence-electron chi connectivity index (χ1n) is 5.87. The Morgan fingerprint density at radius 2 is 1.79 bits per heavy atom. The smallest absolute Gasteiger partial charge is 0.327 e. The fraction of sp³-hybridized carbons (Fsp3) is 0.385. The van der Waals surface area contributed by atoms with Gasteiger partial charge in [0.25, 0.3) is 0 Å². The van der Waals surface area contributed by atoms with Crippen LogP contribution in [0.15, 0.2) is 30.3 Å². The van der Waals surface area contributed by atoms with Crippen molar-refractivity contribution >= 4 is 37.1 Å². The highest BCUT2D eigenvalue weighted by atomic mass is 32.1. The molecule has 0 aliphatic carbocycles. The number of carboxylic acids is 1. The standard InChI is InChI=1S/C13H17NO3S2/c15-12(14-11(8-19)13(16)17)10(7-18)6-9-4-2-1-3-5-9/h1-5,10-11,18-19H,6-8H2,(H,14,15)(H,16,17). The third-order valence-corrected chi connectivity index (χ3v) is 3.52. The maximum absolute atomic E-state index is 12.0. The van der Waals surface area contributed by atoms with Crippen molar-refractivity contribution < 1.29 is 14.7 Å². The van der Waals surface area contributed by atoms with Crippen molar-refractivity contribution in [1.82, 2.24) is 5.32 Å². The number of aliphatic carboxylic acids is 1. The van der Waals surface area contributed by atoms with Gasteiger partial charge in [-0.2, -0.15) is 25.3 Å². The molecular weight excluding hydrogens is 282 g/mol. The second-order valence-electron chi connectivity index (χ2n) is 4.15. The van der Waals surface area contributed by atoms with Crippen LogP contribution in [-0.4, -0.2) is 34.5 Å². The second kappa shape index (κ2) is 8.12. The molecule has 0 heterocycles. The van der Waals surface area contributed by atoms with Crippen molar-refractivity contribution in [3.8, 4) is 0 Å². The quantitative estimate of drug-likeness (QED) is 0.573. The Morgan fingerprint density at radius 1 is 1.16 bits per heavy atom. The zero-order chi connectivity index (χ0) is 14.3. The number of rotatable bonds is 7. The summed E-state index contributed by atoms with van der Waals surface area (Å²) in [5.41, 5.74) is 1.02. The summed E-state index contributed by atoms with van der Waals surface area (Å²) < 4.78 is 0. The number of hydrogen-bond donors (Lipinski definition) is 4. The van der Waals surface area contributed by atoms with E-state index in [-0.39, 0.29) is 17.6 Å². The second-order valence-corrected chi connectivity index (χ2v) is 4.88. The van der Waals surface area contributed by atoms with E-state index in [9.17, 15) is 9.59 Å². The molecule has 4 nitrogen and oxygen atoms in total. The number of amides is 1. The molecule has 0 fully saturated rings. The third-order valence-electron chi connectivity index (χ3n) is 2.71. The van der Waals surface area contributed by atoms with Gasteiger partial charge in [-0.15, -0.1) is 0 Å². The average molecular weight is 299 g/mol. The summed E-state index contributed by atoms with van der Waals surface area (Å²) in [6, 6.07) is 8.59. The molecule has 0 spiro atoms. The molecule has 1 amide bonds. The summed E-state index contributed by atoms with van der Waals surface area (Å²) >= 11 is 8.07. The maximum atomic E-state index is 12.0. The minimum Gasteiger partial charge on any atom is -0.480 e. The van der Waals surface area contributed by atoms with E-state index in [1.807, 2.05) is 30.3 Å². The van der Waals surface area contributed by atoms with Crippen molar-refractivity contribution in [1.29, 1.82) is 0 Å². The fourth-order valence-corrected chi connectivity index (χ4v) is 2.16. The van der Waals surface area contributed by atoms with Gasteiger partial charge in [0.2, 0.25) is 5.91 Å². The highest BCUT2D eigenvalue weighted by Gasteiger charge is 2.23. The molecule has 2 unspecified atom stereocenters. The van der Waals surface area contributed by atoms with E-state index in [4.69, 9.17) is 5.11 Å². The summed E-state index contributed by atoms with van der Waals surface area (Å²) in [7, 11) is 0. The summed E-state index contributed by atoms with van der Waals surface area (Å²) in [4.78, 5) is 22.8. The van der Waals surface area contributed by atoms with Gasteiger partial charge in [0.1, 0.15) is 6.04 Å². The van der Waals surface area contributed by atoms with E-state index in [0.29, 0.717) is 12.2 Å². The van der Waals surface area contributed by atoms with E-state index in [2.05, 4.69) is 30.6 Å². The monoisotopic (exact) mass is 299 g/mol. The number of nitrogens with one attached hydrogen (secondary N) is 1. The third kappa shape index (κ3) is 5.16. The Balaban J connectivity index is 2.64. The van der Waals surface area contributed by atoms with E-state index in [1.54, 1.807) is 0 Å². The van der Waals surface area contributed by atoms with Crippen LogP contribution in [0.4, 0.5) is 0 Å². The Morgan fingerprint density at radius 3 is 2.26 bits per heavy atom. The van der Waals surface area contributed by atoms with E-state index < -0.39 is 12.0 Å². The lowest BCUT2D eigenvalue weighted by molar-refractivity contribution is -0.141. The van der Waals surface area contributed by atoms with Crippen LogP contribution in [0.3, 0.4) is 0 Å². The van der Waals surface area contributed by atoms with Crippen molar-refractivity contribution in [2.75, 3.05) is 11.5 Å². The molecule has 0 aromatic heterocycles. The predicted molar refractivity (Wildman–Crippen MR) is 80.9 cm³/mol. The summed E-state index contributed by atoms with van der Waals surface area (Å²) in [5.74, 6) is -1.32. The molecule has 0 saturated carbocycles.